The Morgan fingerprint density at radius 3 is 2.72 bits per heavy atom. The quantitative estimate of drug-likeness (QED) is 0.120. The molecule has 0 aliphatic rings. The molecular formula is C24H19ClN4O6S. The lowest BCUT2D eigenvalue weighted by Gasteiger charge is -2.05. The van der Waals surface area contributed by atoms with E-state index < -0.39 is 10.9 Å². The van der Waals surface area contributed by atoms with E-state index in [2.05, 4.69) is 15.2 Å². The molecule has 0 aliphatic heterocycles. The van der Waals surface area contributed by atoms with Gasteiger partial charge in [-0.15, -0.1) is 5.10 Å². The fraction of sp³-hybridized carbons (Fsp3) is 0.125. The zero-order chi connectivity index (χ0) is 26.0. The molecular weight excluding hydrogens is 508 g/mol. The van der Waals surface area contributed by atoms with E-state index in [0.29, 0.717) is 39.0 Å². The molecule has 2 heterocycles. The molecule has 0 spiro atoms. The van der Waals surface area contributed by atoms with Crippen molar-refractivity contribution in [3.63, 3.8) is 0 Å². The molecule has 0 bridgehead atoms. The number of carbonyl (C=O) groups is 1. The highest BCUT2D eigenvalue weighted by Gasteiger charge is 2.19. The first-order chi connectivity index (χ1) is 17.2. The number of aryl methyl sites for hydroxylation is 1. The third-order valence-electron chi connectivity index (χ3n) is 5.31. The number of aromatic amines is 1. The van der Waals surface area contributed by atoms with Gasteiger partial charge in [-0.1, -0.05) is 11.6 Å². The van der Waals surface area contributed by atoms with Crippen molar-refractivity contribution in [3.8, 4) is 28.5 Å². The number of rotatable bonds is 8. The zero-order valence-electron chi connectivity index (χ0n) is 19.2. The van der Waals surface area contributed by atoms with Crippen molar-refractivity contribution in [3.05, 3.63) is 79.4 Å². The summed E-state index contributed by atoms with van der Waals surface area (Å²) in [7, 11) is 1.51. The number of halogens is 1. The minimum atomic E-state index is -1.20. The van der Waals surface area contributed by atoms with Gasteiger partial charge in [0, 0.05) is 28.3 Å². The van der Waals surface area contributed by atoms with Gasteiger partial charge in [-0.25, -0.2) is 9.78 Å². The van der Waals surface area contributed by atoms with Gasteiger partial charge >= 0.3 is 5.97 Å². The van der Waals surface area contributed by atoms with E-state index in [1.54, 1.807) is 50.2 Å². The minimum absolute atomic E-state index is 0.0167. The van der Waals surface area contributed by atoms with E-state index in [1.165, 1.54) is 19.3 Å². The topological polar surface area (TPSA) is 144 Å². The van der Waals surface area contributed by atoms with Crippen molar-refractivity contribution in [2.24, 2.45) is 0 Å². The van der Waals surface area contributed by atoms with Crippen LogP contribution in [0.4, 0.5) is 5.69 Å². The van der Waals surface area contributed by atoms with Crippen LogP contribution in [0, 0.1) is 24.0 Å². The van der Waals surface area contributed by atoms with Gasteiger partial charge in [-0.05, 0) is 67.6 Å². The molecule has 0 saturated heterocycles. The number of aromatic nitrogens is 3. The molecule has 4 aromatic rings. The predicted octanol–water partition coefficient (Wildman–Crippen LogP) is 6.14. The van der Waals surface area contributed by atoms with Crippen LogP contribution >= 0.6 is 23.4 Å². The fourth-order valence-corrected chi connectivity index (χ4v) is 4.26. The Hall–Kier alpha value is -4.09. The molecule has 0 radical (unpaired) electrons. The van der Waals surface area contributed by atoms with Crippen LogP contribution in [0.25, 0.3) is 28.8 Å². The van der Waals surface area contributed by atoms with Crippen LogP contribution in [-0.2, 0) is 4.79 Å². The molecule has 4 rings (SSSR count). The lowest BCUT2D eigenvalue weighted by atomic mass is 10.0. The molecule has 2 aromatic carbocycles. The Morgan fingerprint density at radius 2 is 2.03 bits per heavy atom. The molecule has 0 unspecified atom stereocenters. The molecule has 10 nitrogen and oxygen atoms in total. The number of nitrogens with zero attached hydrogens (tertiary/aromatic N) is 3. The smallest absolute Gasteiger partial charge is 0.342 e. The monoisotopic (exact) mass is 526 g/mol. The standard InChI is InChI=1S/C24H19ClN4O6S/c1-12-8-14(9-18(13(12)2)29(32)33)19-7-5-16(35-19)11-21(23(30)31)36-24-26-22(27-28-24)17-10-15(25)4-6-20(17)34-3/h4-11H,1-3H3,(H,30,31)(H,26,27,28)/b21-11-. The summed E-state index contributed by atoms with van der Waals surface area (Å²) < 4.78 is 11.1. The third-order valence-corrected chi connectivity index (χ3v) is 6.43. The largest absolute Gasteiger partial charge is 0.496 e. The third kappa shape index (κ3) is 5.26. The van der Waals surface area contributed by atoms with Gasteiger partial charge < -0.3 is 14.3 Å². The van der Waals surface area contributed by atoms with Crippen LogP contribution in [-0.4, -0.2) is 38.3 Å². The summed E-state index contributed by atoms with van der Waals surface area (Å²) in [5, 5.41) is 28.6. The van der Waals surface area contributed by atoms with E-state index in [9.17, 15) is 20.0 Å². The number of aliphatic carboxylic acids is 1. The van der Waals surface area contributed by atoms with E-state index in [-0.39, 0.29) is 21.5 Å². The number of hydrogen-bond donors (Lipinski definition) is 2. The molecule has 12 heteroatoms. The first kappa shape index (κ1) is 25.0. The zero-order valence-corrected chi connectivity index (χ0v) is 20.8. The maximum absolute atomic E-state index is 11.9. The lowest BCUT2D eigenvalue weighted by molar-refractivity contribution is -0.385. The van der Waals surface area contributed by atoms with Gasteiger partial charge in [-0.3, -0.25) is 15.2 Å². The van der Waals surface area contributed by atoms with E-state index in [0.717, 1.165) is 17.3 Å². The van der Waals surface area contributed by atoms with Gasteiger partial charge in [0.05, 0.1) is 17.6 Å². The SMILES string of the molecule is COc1ccc(Cl)cc1-c1nc(S/C(=C\c2ccc(-c3cc(C)c(C)c([N+](=O)[O-])c3)o2)C(=O)O)n[nH]1. The van der Waals surface area contributed by atoms with Crippen molar-refractivity contribution >= 4 is 41.1 Å². The number of nitro benzene ring substituents is 1. The number of hydrogen-bond acceptors (Lipinski definition) is 8. The second kappa shape index (κ2) is 10.3. The maximum atomic E-state index is 11.9. The molecule has 36 heavy (non-hydrogen) atoms. The maximum Gasteiger partial charge on any atom is 0.342 e. The van der Waals surface area contributed by atoms with Crippen LogP contribution in [0.3, 0.4) is 0 Å². The summed E-state index contributed by atoms with van der Waals surface area (Å²) >= 11 is 6.91. The number of H-pyrrole nitrogens is 1. The fourth-order valence-electron chi connectivity index (χ4n) is 3.40. The number of benzene rings is 2. The van der Waals surface area contributed by atoms with E-state index >= 15 is 0 Å². The van der Waals surface area contributed by atoms with Crippen molar-refractivity contribution in [1.29, 1.82) is 0 Å². The van der Waals surface area contributed by atoms with Gasteiger partial charge in [0.1, 0.15) is 22.2 Å². The van der Waals surface area contributed by atoms with Gasteiger partial charge in [0.25, 0.3) is 5.69 Å². The van der Waals surface area contributed by atoms with Crippen LogP contribution in [0.5, 0.6) is 5.75 Å². The Balaban J connectivity index is 1.61. The highest BCUT2D eigenvalue weighted by atomic mass is 35.5. The molecule has 0 atom stereocenters. The number of ether oxygens (including phenoxy) is 1. The van der Waals surface area contributed by atoms with E-state index in [4.69, 9.17) is 20.8 Å². The number of methoxy groups -OCH3 is 1. The van der Waals surface area contributed by atoms with Gasteiger partial charge in [0.15, 0.2) is 5.82 Å². The van der Waals surface area contributed by atoms with Gasteiger partial charge in [-0.2, -0.15) is 0 Å². The average Bonchev–Trinajstić information content (AvgIpc) is 3.50. The average molecular weight is 527 g/mol. The highest BCUT2D eigenvalue weighted by Crippen LogP contribution is 2.34. The second-order valence-corrected chi connectivity index (χ2v) is 9.07. The van der Waals surface area contributed by atoms with E-state index in [1.807, 2.05) is 0 Å². The number of furan rings is 1. The minimum Gasteiger partial charge on any atom is -0.496 e. The molecule has 0 amide bonds. The number of thioether (sulfide) groups is 1. The molecule has 0 fully saturated rings. The summed E-state index contributed by atoms with van der Waals surface area (Å²) in [5.41, 5.74) is 2.39. The summed E-state index contributed by atoms with van der Waals surface area (Å²) in [6, 6.07) is 11.4. The molecule has 184 valence electrons. The number of carboxylic acid groups (broad SMARTS) is 1. The van der Waals surface area contributed by atoms with Crippen LogP contribution in [0.15, 0.2) is 56.9 Å². The molecule has 2 N–H and O–H groups in total. The number of nitrogens with one attached hydrogen (secondary N) is 1. The predicted molar refractivity (Wildman–Crippen MR) is 135 cm³/mol. The van der Waals surface area contributed by atoms with Crippen molar-refractivity contribution in [1.82, 2.24) is 15.2 Å². The van der Waals surface area contributed by atoms with Crippen LogP contribution in [0.2, 0.25) is 5.02 Å². The Labute approximate surface area is 214 Å². The van der Waals surface area contributed by atoms with Crippen molar-refractivity contribution < 1.29 is 24.0 Å². The van der Waals surface area contributed by atoms with Crippen molar-refractivity contribution in [2.75, 3.05) is 7.11 Å². The summed E-state index contributed by atoms with van der Waals surface area (Å²) in [6.45, 7) is 3.46. The summed E-state index contributed by atoms with van der Waals surface area (Å²) in [6.07, 6.45) is 1.34. The first-order valence-electron chi connectivity index (χ1n) is 10.4. The Bertz CT molecular complexity index is 1510. The lowest BCUT2D eigenvalue weighted by Crippen LogP contribution is -1.97. The number of carboxylic acids is 1. The van der Waals surface area contributed by atoms with Crippen LogP contribution in [0.1, 0.15) is 16.9 Å². The van der Waals surface area contributed by atoms with Crippen LogP contribution < -0.4 is 4.74 Å². The second-order valence-electron chi connectivity index (χ2n) is 7.62. The highest BCUT2D eigenvalue weighted by molar-refractivity contribution is 8.04. The summed E-state index contributed by atoms with van der Waals surface area (Å²) in [5.74, 6) is 0.305. The van der Waals surface area contributed by atoms with Gasteiger partial charge in [0.2, 0.25) is 5.16 Å². The Kier molecular flexibility index (Phi) is 7.13. The molecule has 0 saturated carbocycles. The molecule has 2 aromatic heterocycles. The Morgan fingerprint density at radius 1 is 1.25 bits per heavy atom. The normalized spacial score (nSPS) is 11.5. The summed E-state index contributed by atoms with van der Waals surface area (Å²) in [4.78, 5) is 27.1. The first-order valence-corrected chi connectivity index (χ1v) is 11.6. The number of nitro groups is 1. The molecule has 0 aliphatic carbocycles. The van der Waals surface area contributed by atoms with Crippen molar-refractivity contribution in [2.45, 2.75) is 19.0 Å².